The molecule has 0 radical (unpaired) electrons. The van der Waals surface area contributed by atoms with Gasteiger partial charge in [0.25, 0.3) is 0 Å². The molecule has 0 bridgehead atoms. The number of hydrogen-bond donors (Lipinski definition) is 2. The van der Waals surface area contributed by atoms with E-state index in [1.165, 1.54) is 0 Å². The summed E-state index contributed by atoms with van der Waals surface area (Å²) >= 11 is 0. The first kappa shape index (κ1) is 25.7. The van der Waals surface area contributed by atoms with Gasteiger partial charge in [0.05, 0.1) is 22.2 Å². The van der Waals surface area contributed by atoms with Gasteiger partial charge in [0.2, 0.25) is 0 Å². The largest absolute Gasteiger partial charge is 2.00 e. The van der Waals surface area contributed by atoms with Gasteiger partial charge >= 0.3 is 48.9 Å². The fraction of sp³-hybridized carbons (Fsp3) is 0. The Morgan fingerprint density at radius 3 is 1.19 bits per heavy atom. The molecule has 0 saturated carbocycles. The Balaban J connectivity index is -0.000000270. The van der Waals surface area contributed by atoms with Crippen molar-refractivity contribution in [1.29, 1.82) is 0 Å². The maximum atomic E-state index is 10.1. The average Bonchev–Trinajstić information content (AvgIpc) is 2.91. The Kier molecular flexibility index (Phi) is 12.8. The SMILES string of the molecule is O.O.O=S(=O)([O-])c1cn[nH]c1.O=S(=O)([O-])c1cn[nH]c1.[Ba+2]. The van der Waals surface area contributed by atoms with Gasteiger partial charge in [-0.1, -0.05) is 0 Å². The van der Waals surface area contributed by atoms with E-state index in [-0.39, 0.29) is 69.6 Å². The predicted molar refractivity (Wildman–Crippen MR) is 66.1 cm³/mol. The molecular weight excluding hydrogens is 458 g/mol. The minimum atomic E-state index is -4.30. The second-order valence-corrected chi connectivity index (χ2v) is 5.54. The first-order chi connectivity index (χ1) is 8.21. The van der Waals surface area contributed by atoms with Gasteiger partial charge in [-0.25, -0.2) is 16.8 Å². The molecular formula is C6H10BaN4O8S2. The maximum absolute atomic E-state index is 10.1. The van der Waals surface area contributed by atoms with Crippen LogP contribution in [0, 0.1) is 0 Å². The smallest absolute Gasteiger partial charge is 0.744 e. The number of hydrogen-bond acceptors (Lipinski definition) is 8. The average molecular weight is 468 g/mol. The van der Waals surface area contributed by atoms with Crippen LogP contribution < -0.4 is 0 Å². The molecule has 0 unspecified atom stereocenters. The molecule has 0 aliphatic carbocycles. The number of H-pyrrole nitrogens is 2. The number of rotatable bonds is 2. The fourth-order valence-corrected chi connectivity index (χ4v) is 1.51. The molecule has 0 aliphatic heterocycles. The molecule has 116 valence electrons. The van der Waals surface area contributed by atoms with Gasteiger partial charge in [0, 0.05) is 12.4 Å². The van der Waals surface area contributed by atoms with E-state index in [2.05, 4.69) is 20.4 Å². The Hall–Kier alpha value is -0.269. The first-order valence-electron chi connectivity index (χ1n) is 4.10. The summed E-state index contributed by atoms with van der Waals surface area (Å²) in [5.74, 6) is 0. The molecule has 0 saturated heterocycles. The normalized spacial score (nSPS) is 10.0. The van der Waals surface area contributed by atoms with Crippen LogP contribution in [0.5, 0.6) is 0 Å². The van der Waals surface area contributed by atoms with E-state index in [4.69, 9.17) is 0 Å². The Labute approximate surface area is 159 Å². The van der Waals surface area contributed by atoms with Crippen LogP contribution in [0.25, 0.3) is 0 Å². The maximum Gasteiger partial charge on any atom is 2.00 e. The molecule has 0 spiro atoms. The zero-order valence-electron chi connectivity index (χ0n) is 10.2. The van der Waals surface area contributed by atoms with E-state index < -0.39 is 20.2 Å². The van der Waals surface area contributed by atoms with Crippen LogP contribution in [-0.4, -0.2) is 106 Å². The van der Waals surface area contributed by atoms with Gasteiger partial charge in [0.15, 0.2) is 0 Å². The number of nitrogens with one attached hydrogen (secondary N) is 2. The number of nitrogens with zero attached hydrogens (tertiary/aromatic N) is 2. The van der Waals surface area contributed by atoms with E-state index >= 15 is 0 Å². The van der Waals surface area contributed by atoms with E-state index in [1.54, 1.807) is 0 Å². The van der Waals surface area contributed by atoms with Crippen molar-refractivity contribution in [2.45, 2.75) is 9.79 Å². The summed E-state index contributed by atoms with van der Waals surface area (Å²) in [7, 11) is -8.61. The summed E-state index contributed by atoms with van der Waals surface area (Å²) in [4.78, 5) is -0.662. The van der Waals surface area contributed by atoms with Crippen molar-refractivity contribution in [2.24, 2.45) is 0 Å². The summed E-state index contributed by atoms with van der Waals surface area (Å²) in [5, 5.41) is 11.0. The minimum Gasteiger partial charge on any atom is -0.744 e. The molecule has 2 rings (SSSR count). The second kappa shape index (κ2) is 10.5. The summed E-state index contributed by atoms with van der Waals surface area (Å²) in [6.45, 7) is 0. The number of aromatic nitrogens is 4. The fourth-order valence-electron chi connectivity index (χ4n) is 0.752. The molecule has 15 heteroatoms. The van der Waals surface area contributed by atoms with Gasteiger partial charge in [-0.2, -0.15) is 10.2 Å². The molecule has 6 N–H and O–H groups in total. The summed E-state index contributed by atoms with van der Waals surface area (Å²) < 4.78 is 60.5. The summed E-state index contributed by atoms with van der Waals surface area (Å²) in [6.07, 6.45) is 3.98. The monoisotopic (exact) mass is 468 g/mol. The van der Waals surface area contributed by atoms with Crippen molar-refractivity contribution in [2.75, 3.05) is 0 Å². The molecule has 2 heterocycles. The molecule has 2 aromatic heterocycles. The predicted octanol–water partition coefficient (Wildman–Crippen LogP) is -3.40. The second-order valence-electron chi connectivity index (χ2n) is 2.78. The van der Waals surface area contributed by atoms with Crippen LogP contribution in [0.1, 0.15) is 0 Å². The van der Waals surface area contributed by atoms with Crippen molar-refractivity contribution in [1.82, 2.24) is 20.4 Å². The van der Waals surface area contributed by atoms with Crippen LogP contribution in [0.3, 0.4) is 0 Å². The molecule has 0 amide bonds. The third kappa shape index (κ3) is 9.37. The Morgan fingerprint density at radius 2 is 1.10 bits per heavy atom. The van der Waals surface area contributed by atoms with E-state index in [9.17, 15) is 25.9 Å². The van der Waals surface area contributed by atoms with Gasteiger partial charge < -0.3 is 20.1 Å². The molecule has 0 atom stereocenters. The summed E-state index contributed by atoms with van der Waals surface area (Å²) in [6, 6.07) is 0. The van der Waals surface area contributed by atoms with Gasteiger partial charge in [-0.3, -0.25) is 10.2 Å². The van der Waals surface area contributed by atoms with Crippen molar-refractivity contribution in [3.8, 4) is 0 Å². The zero-order chi connectivity index (χ0) is 13.8. The van der Waals surface area contributed by atoms with Gasteiger partial charge in [-0.15, -0.1) is 0 Å². The van der Waals surface area contributed by atoms with Crippen molar-refractivity contribution in [3.63, 3.8) is 0 Å². The van der Waals surface area contributed by atoms with Crippen molar-refractivity contribution in [3.05, 3.63) is 24.8 Å². The van der Waals surface area contributed by atoms with Gasteiger partial charge in [-0.05, 0) is 0 Å². The third-order valence-electron chi connectivity index (χ3n) is 1.52. The van der Waals surface area contributed by atoms with E-state index in [0.717, 1.165) is 24.8 Å². The van der Waals surface area contributed by atoms with Crippen LogP contribution in [-0.2, 0) is 20.2 Å². The standard InChI is InChI=1S/2C3H4N2O3S.Ba.2H2O/c2*6-9(7,8)3-1-4-5-2-3;;;/h2*1-2H,(H,4,5)(H,6,7,8);;2*1H2/q;;+2;;/p-2. The van der Waals surface area contributed by atoms with Crippen LogP contribution >= 0.6 is 0 Å². The third-order valence-corrected chi connectivity index (χ3v) is 3.12. The topological polar surface area (TPSA) is 235 Å². The zero-order valence-corrected chi connectivity index (χ0v) is 16.3. The quantitative estimate of drug-likeness (QED) is 0.332. The Bertz CT molecular complexity index is 619. The van der Waals surface area contributed by atoms with Crippen LogP contribution in [0.15, 0.2) is 34.6 Å². The van der Waals surface area contributed by atoms with Gasteiger partial charge in [0.1, 0.15) is 20.2 Å². The van der Waals surface area contributed by atoms with Crippen molar-refractivity contribution >= 4 is 69.1 Å². The first-order valence-corrected chi connectivity index (χ1v) is 6.92. The van der Waals surface area contributed by atoms with Crippen LogP contribution in [0.4, 0.5) is 0 Å². The molecule has 0 aliphatic rings. The Morgan fingerprint density at radius 1 is 0.810 bits per heavy atom. The molecule has 0 fully saturated rings. The van der Waals surface area contributed by atoms with Crippen LogP contribution in [0.2, 0.25) is 0 Å². The molecule has 12 nitrogen and oxygen atoms in total. The van der Waals surface area contributed by atoms with Crippen molar-refractivity contribution < 1.29 is 36.9 Å². The number of aromatic amines is 2. The summed E-state index contributed by atoms with van der Waals surface area (Å²) in [5.41, 5.74) is 0. The molecule has 2 aromatic rings. The minimum absolute atomic E-state index is 0. The van der Waals surface area contributed by atoms with E-state index in [0.29, 0.717) is 0 Å². The molecule has 0 aromatic carbocycles. The van der Waals surface area contributed by atoms with E-state index in [1.807, 2.05) is 0 Å². The molecule has 21 heavy (non-hydrogen) atoms.